The summed E-state index contributed by atoms with van der Waals surface area (Å²) in [6, 6.07) is 0. The van der Waals surface area contributed by atoms with Gasteiger partial charge in [0.2, 0.25) is 35.7 Å². The molecule has 2 aromatic heterocycles. The Balaban J connectivity index is 2.03. The van der Waals surface area contributed by atoms with Crippen molar-refractivity contribution >= 4 is 47.6 Å². The minimum atomic E-state index is -0.817. The van der Waals surface area contributed by atoms with Crippen molar-refractivity contribution in [2.75, 3.05) is 126 Å². The number of likely N-dealkylation sites (N-methyl/N-ethyl adjacent to an activating group) is 2. The molecule has 8 N–H and O–H groups in total. The first-order chi connectivity index (χ1) is 24.8. The summed E-state index contributed by atoms with van der Waals surface area (Å²) in [7, 11) is 7.62. The van der Waals surface area contributed by atoms with E-state index in [9.17, 15) is 19.8 Å². The van der Waals surface area contributed by atoms with E-state index in [1.54, 1.807) is 0 Å². The van der Waals surface area contributed by atoms with Crippen LogP contribution in [-0.2, 0) is 9.59 Å². The molecule has 0 aromatic carbocycles. The molecule has 0 atom stereocenters. The SMILES string of the molecule is CCCCCCNc1nc(NCCC[N+](C)(C)CC(=O)O)nc(NCCNc2nc(NCCCCCC)nc(NCCC[N+](C)(C)CC(=O)O)n2)n1. The molecule has 2 aromatic rings. The monoisotopic (exact) mass is 735 g/mol. The van der Waals surface area contributed by atoms with E-state index in [2.05, 4.69) is 75.7 Å². The third-order valence-electron chi connectivity index (χ3n) is 8.16. The van der Waals surface area contributed by atoms with E-state index in [1.165, 1.54) is 12.8 Å². The molecule has 2 heterocycles. The summed E-state index contributed by atoms with van der Waals surface area (Å²) in [6.45, 7) is 9.53. The maximum absolute atomic E-state index is 11.2. The van der Waals surface area contributed by atoms with Gasteiger partial charge in [-0.2, -0.15) is 29.9 Å². The Morgan fingerprint density at radius 3 is 0.981 bits per heavy atom. The van der Waals surface area contributed by atoms with Gasteiger partial charge in [0.15, 0.2) is 13.1 Å². The normalized spacial score (nSPS) is 11.6. The molecule has 2 rings (SSSR count). The molecule has 0 aliphatic carbocycles. The van der Waals surface area contributed by atoms with E-state index >= 15 is 0 Å². The highest BCUT2D eigenvalue weighted by Crippen LogP contribution is 2.13. The first-order valence-electron chi connectivity index (χ1n) is 18.8. The van der Waals surface area contributed by atoms with E-state index < -0.39 is 11.9 Å². The second-order valence-electron chi connectivity index (χ2n) is 14.4. The van der Waals surface area contributed by atoms with Gasteiger partial charge < -0.3 is 51.1 Å². The van der Waals surface area contributed by atoms with Crippen molar-refractivity contribution in [1.29, 1.82) is 0 Å². The number of unbranched alkanes of at least 4 members (excludes halogenated alkanes) is 6. The fourth-order valence-corrected chi connectivity index (χ4v) is 5.38. The molecule has 0 aliphatic heterocycles. The van der Waals surface area contributed by atoms with Crippen molar-refractivity contribution in [3.8, 4) is 0 Å². The first-order valence-corrected chi connectivity index (χ1v) is 18.8. The summed E-state index contributed by atoms with van der Waals surface area (Å²) in [6.07, 6.45) is 10.5. The van der Waals surface area contributed by atoms with Gasteiger partial charge in [-0.05, 0) is 12.8 Å². The lowest BCUT2D eigenvalue weighted by molar-refractivity contribution is -0.883. The van der Waals surface area contributed by atoms with Crippen molar-refractivity contribution < 1.29 is 28.8 Å². The molecule has 0 radical (unpaired) electrons. The van der Waals surface area contributed by atoms with E-state index in [-0.39, 0.29) is 13.1 Å². The Labute approximate surface area is 309 Å². The summed E-state index contributed by atoms with van der Waals surface area (Å²) in [5.41, 5.74) is 0. The summed E-state index contributed by atoms with van der Waals surface area (Å²) >= 11 is 0. The fraction of sp³-hybridized carbons (Fsp3) is 0.765. The highest BCUT2D eigenvalue weighted by molar-refractivity contribution is 5.68. The molecule has 0 saturated heterocycles. The summed E-state index contributed by atoms with van der Waals surface area (Å²) < 4.78 is 0.778. The van der Waals surface area contributed by atoms with Gasteiger partial charge in [0.05, 0.1) is 41.3 Å². The number of rotatable bonds is 31. The second kappa shape index (κ2) is 24.0. The van der Waals surface area contributed by atoms with Crippen molar-refractivity contribution in [3.63, 3.8) is 0 Å². The number of nitrogens with one attached hydrogen (secondary N) is 6. The van der Waals surface area contributed by atoms with Crippen molar-refractivity contribution in [3.05, 3.63) is 0 Å². The molecule has 0 saturated carbocycles. The van der Waals surface area contributed by atoms with Crippen LogP contribution in [0.3, 0.4) is 0 Å². The number of carboxylic acids is 2. The Morgan fingerprint density at radius 2 is 0.712 bits per heavy atom. The number of quaternary nitrogens is 2. The average molecular weight is 735 g/mol. The number of carboxylic acid groups (broad SMARTS) is 2. The van der Waals surface area contributed by atoms with Crippen molar-refractivity contribution in [2.45, 2.75) is 78.1 Å². The molecular formula is C34H66N14O4+2. The highest BCUT2D eigenvalue weighted by atomic mass is 16.4. The predicted molar refractivity (Wildman–Crippen MR) is 207 cm³/mol. The van der Waals surface area contributed by atoms with E-state index in [4.69, 9.17) is 0 Å². The van der Waals surface area contributed by atoms with Crippen LogP contribution in [0.4, 0.5) is 35.7 Å². The van der Waals surface area contributed by atoms with E-state index in [0.717, 1.165) is 64.5 Å². The van der Waals surface area contributed by atoms with Gasteiger partial charge in [-0.3, -0.25) is 0 Å². The summed E-state index contributed by atoms with van der Waals surface area (Å²) in [4.78, 5) is 49.7. The van der Waals surface area contributed by atoms with Crippen LogP contribution >= 0.6 is 0 Å². The molecule has 294 valence electrons. The largest absolute Gasteiger partial charge is 0.477 e. The maximum atomic E-state index is 11.2. The van der Waals surface area contributed by atoms with Crippen LogP contribution in [0.2, 0.25) is 0 Å². The van der Waals surface area contributed by atoms with Gasteiger partial charge >= 0.3 is 11.9 Å². The Hall–Kier alpha value is -4.32. The van der Waals surface area contributed by atoms with Gasteiger partial charge in [-0.25, -0.2) is 9.59 Å². The van der Waals surface area contributed by atoms with Crippen LogP contribution in [0.25, 0.3) is 0 Å². The van der Waals surface area contributed by atoms with Crippen LogP contribution in [-0.4, -0.2) is 155 Å². The van der Waals surface area contributed by atoms with Crippen LogP contribution in [0.15, 0.2) is 0 Å². The molecule has 18 nitrogen and oxygen atoms in total. The van der Waals surface area contributed by atoms with E-state index in [0.29, 0.717) is 83.9 Å². The van der Waals surface area contributed by atoms with Crippen molar-refractivity contribution in [2.24, 2.45) is 0 Å². The highest BCUT2D eigenvalue weighted by Gasteiger charge is 2.20. The second-order valence-corrected chi connectivity index (χ2v) is 14.4. The smallest absolute Gasteiger partial charge is 0.359 e. The molecule has 0 fully saturated rings. The number of aromatic nitrogens is 6. The number of carbonyl (C=O) groups is 2. The molecule has 0 bridgehead atoms. The summed E-state index contributed by atoms with van der Waals surface area (Å²) in [5.74, 6) is 1.07. The Kier molecular flexibility index (Phi) is 20.3. The lowest BCUT2D eigenvalue weighted by Crippen LogP contribution is -2.45. The van der Waals surface area contributed by atoms with Crippen LogP contribution in [0, 0.1) is 0 Å². The molecule has 0 unspecified atom stereocenters. The molecular weight excluding hydrogens is 668 g/mol. The van der Waals surface area contributed by atoms with Gasteiger partial charge in [-0.1, -0.05) is 52.4 Å². The Bertz CT molecular complexity index is 1230. The third kappa shape index (κ3) is 20.5. The zero-order valence-corrected chi connectivity index (χ0v) is 32.4. The van der Waals surface area contributed by atoms with Gasteiger partial charge in [0.25, 0.3) is 0 Å². The number of nitrogens with zero attached hydrogens (tertiary/aromatic N) is 8. The average Bonchev–Trinajstić information content (AvgIpc) is 3.06. The molecule has 0 amide bonds. The predicted octanol–water partition coefficient (Wildman–Crippen LogP) is 3.49. The number of aliphatic carboxylic acids is 2. The van der Waals surface area contributed by atoms with Crippen molar-refractivity contribution in [1.82, 2.24) is 29.9 Å². The van der Waals surface area contributed by atoms with Crippen LogP contribution in [0.1, 0.15) is 78.1 Å². The number of anilines is 6. The number of hydrogen-bond donors (Lipinski definition) is 8. The maximum Gasteiger partial charge on any atom is 0.359 e. The standard InChI is InChI=1S/C34H64N14O4/c1-7-9-11-13-17-35-29-41-31(37-19-15-23-47(3,4)25-27(49)50)45-33(43-29)39-21-22-40-34-44-30(36-18-14-12-10-8-2)42-32(46-34)38-20-16-24-48(5,6)26-28(51)52/h7-26H2,1-6H3,(H6-2,35,36,37,38,39,40,41,42,43,44,45,46,49,50,51,52)/p+2. The fourth-order valence-electron chi connectivity index (χ4n) is 5.38. The minimum absolute atomic E-state index is 0.0628. The van der Waals surface area contributed by atoms with E-state index in [1.807, 2.05) is 28.2 Å². The lowest BCUT2D eigenvalue weighted by atomic mass is 10.2. The Morgan fingerprint density at radius 1 is 0.442 bits per heavy atom. The van der Waals surface area contributed by atoms with Gasteiger partial charge in [0, 0.05) is 52.1 Å². The minimum Gasteiger partial charge on any atom is -0.477 e. The van der Waals surface area contributed by atoms with Crippen LogP contribution in [0.5, 0.6) is 0 Å². The molecule has 0 spiro atoms. The quantitative estimate of drug-likeness (QED) is 0.0410. The summed E-state index contributed by atoms with van der Waals surface area (Å²) in [5, 5.41) is 38.1. The topological polar surface area (TPSA) is 224 Å². The first kappa shape index (κ1) is 43.8. The van der Waals surface area contributed by atoms with Gasteiger partial charge in [-0.15, -0.1) is 0 Å². The molecule has 52 heavy (non-hydrogen) atoms. The zero-order valence-electron chi connectivity index (χ0n) is 32.4. The number of hydrogen-bond acceptors (Lipinski definition) is 14. The molecule has 18 heteroatoms. The van der Waals surface area contributed by atoms with Crippen LogP contribution < -0.4 is 31.9 Å². The molecule has 0 aliphatic rings. The zero-order chi connectivity index (χ0) is 38.2. The van der Waals surface area contributed by atoms with Gasteiger partial charge in [0.1, 0.15) is 0 Å². The lowest BCUT2D eigenvalue weighted by Gasteiger charge is -2.27. The third-order valence-corrected chi connectivity index (χ3v) is 8.16.